The summed E-state index contributed by atoms with van der Waals surface area (Å²) in [5, 5.41) is 13.5. The molecule has 1 aromatic heterocycles. The van der Waals surface area contributed by atoms with Gasteiger partial charge in [-0.25, -0.2) is 4.68 Å². The van der Waals surface area contributed by atoms with Crippen molar-refractivity contribution in [3.05, 3.63) is 47.3 Å². The molecule has 1 N–H and O–H groups in total. The molecule has 0 radical (unpaired) electrons. The predicted octanol–water partition coefficient (Wildman–Crippen LogP) is 2.29. The first kappa shape index (κ1) is 16.2. The minimum Gasteiger partial charge on any atom is -0.481 e. The zero-order valence-electron chi connectivity index (χ0n) is 13.9. The van der Waals surface area contributed by atoms with Crippen molar-refractivity contribution in [2.24, 2.45) is 5.92 Å². The number of likely N-dealkylation sites (tertiary alicyclic amines) is 1. The van der Waals surface area contributed by atoms with Crippen molar-refractivity contribution in [1.29, 1.82) is 0 Å². The van der Waals surface area contributed by atoms with Gasteiger partial charge < -0.3 is 10.0 Å². The third kappa shape index (κ3) is 2.79. The summed E-state index contributed by atoms with van der Waals surface area (Å²) in [7, 11) is 0. The van der Waals surface area contributed by atoms with Gasteiger partial charge in [-0.1, -0.05) is 25.1 Å². The van der Waals surface area contributed by atoms with Crippen LogP contribution in [0.4, 0.5) is 0 Å². The number of amides is 1. The lowest BCUT2D eigenvalue weighted by atomic mass is 10.1. The Hall–Kier alpha value is -2.63. The first-order chi connectivity index (χ1) is 11.5. The van der Waals surface area contributed by atoms with Crippen molar-refractivity contribution >= 4 is 11.9 Å². The lowest BCUT2D eigenvalue weighted by molar-refractivity contribution is -0.141. The fraction of sp³-hybridized carbons (Fsp3) is 0.389. The Morgan fingerprint density at radius 1 is 1.33 bits per heavy atom. The van der Waals surface area contributed by atoms with Crippen LogP contribution >= 0.6 is 0 Å². The quantitative estimate of drug-likeness (QED) is 0.935. The highest BCUT2D eigenvalue weighted by Gasteiger charge is 2.32. The predicted molar refractivity (Wildman–Crippen MR) is 89.3 cm³/mol. The van der Waals surface area contributed by atoms with E-state index in [9.17, 15) is 9.59 Å². The molecule has 6 nitrogen and oxygen atoms in total. The summed E-state index contributed by atoms with van der Waals surface area (Å²) >= 11 is 0. The Kier molecular flexibility index (Phi) is 4.38. The number of carbonyl (C=O) groups is 2. The van der Waals surface area contributed by atoms with E-state index < -0.39 is 11.9 Å². The molecule has 1 aliphatic rings. The van der Waals surface area contributed by atoms with E-state index in [0.29, 0.717) is 24.9 Å². The van der Waals surface area contributed by atoms with Crippen molar-refractivity contribution in [2.75, 3.05) is 13.1 Å². The summed E-state index contributed by atoms with van der Waals surface area (Å²) in [6.45, 7) is 4.75. The Labute approximate surface area is 140 Å². The van der Waals surface area contributed by atoms with Crippen LogP contribution in [0.3, 0.4) is 0 Å². The molecule has 0 saturated carbocycles. The molecule has 1 aromatic carbocycles. The van der Waals surface area contributed by atoms with E-state index >= 15 is 0 Å². The van der Waals surface area contributed by atoms with Crippen LogP contribution in [-0.4, -0.2) is 44.8 Å². The van der Waals surface area contributed by atoms with E-state index in [0.717, 1.165) is 16.9 Å². The molecule has 1 atom stereocenters. The number of hydrogen-bond acceptors (Lipinski definition) is 3. The van der Waals surface area contributed by atoms with Crippen LogP contribution in [0.25, 0.3) is 5.69 Å². The largest absolute Gasteiger partial charge is 0.481 e. The van der Waals surface area contributed by atoms with E-state index in [4.69, 9.17) is 5.11 Å². The molecule has 0 aliphatic carbocycles. The lowest BCUT2D eigenvalue weighted by Gasteiger charge is -2.16. The average molecular weight is 327 g/mol. The van der Waals surface area contributed by atoms with Crippen molar-refractivity contribution in [1.82, 2.24) is 14.7 Å². The summed E-state index contributed by atoms with van der Waals surface area (Å²) in [4.78, 5) is 25.5. The van der Waals surface area contributed by atoms with Gasteiger partial charge in [0.2, 0.25) is 0 Å². The van der Waals surface area contributed by atoms with Gasteiger partial charge in [-0.05, 0) is 31.4 Å². The first-order valence-corrected chi connectivity index (χ1v) is 8.18. The summed E-state index contributed by atoms with van der Waals surface area (Å²) in [6, 6.07) is 7.90. The second-order valence-corrected chi connectivity index (χ2v) is 6.13. The topological polar surface area (TPSA) is 75.4 Å². The molecule has 2 heterocycles. The summed E-state index contributed by atoms with van der Waals surface area (Å²) in [5.74, 6) is -1.43. The van der Waals surface area contributed by atoms with Gasteiger partial charge in [0.05, 0.1) is 29.1 Å². The van der Waals surface area contributed by atoms with E-state index in [2.05, 4.69) is 5.10 Å². The molecule has 1 fully saturated rings. The SMILES string of the molecule is CCc1c(C(=O)N2CCC(C(=O)O)C2)cnn1-c1ccccc1C. The number of benzene rings is 1. The second kappa shape index (κ2) is 6.47. The maximum Gasteiger partial charge on any atom is 0.308 e. The number of para-hydroxylation sites is 1. The van der Waals surface area contributed by atoms with E-state index in [1.807, 2.05) is 42.8 Å². The number of carboxylic acid groups (broad SMARTS) is 1. The standard InChI is InChI=1S/C18H21N3O3/c1-3-15-14(17(22)20-9-8-13(11-20)18(23)24)10-19-21(15)16-7-5-4-6-12(16)2/h4-7,10,13H,3,8-9,11H2,1-2H3,(H,23,24). The van der Waals surface area contributed by atoms with Gasteiger partial charge in [-0.3, -0.25) is 9.59 Å². The Bertz CT molecular complexity index is 782. The number of aliphatic carboxylic acids is 1. The third-order valence-electron chi connectivity index (χ3n) is 4.60. The molecular formula is C18H21N3O3. The zero-order chi connectivity index (χ0) is 17.3. The number of carbonyl (C=O) groups excluding carboxylic acids is 1. The van der Waals surface area contributed by atoms with Crippen LogP contribution in [0.15, 0.2) is 30.5 Å². The summed E-state index contributed by atoms with van der Waals surface area (Å²) < 4.78 is 1.81. The van der Waals surface area contributed by atoms with Crippen LogP contribution in [0.5, 0.6) is 0 Å². The molecule has 126 valence electrons. The lowest BCUT2D eigenvalue weighted by Crippen LogP contribution is -2.30. The normalized spacial score (nSPS) is 17.2. The van der Waals surface area contributed by atoms with E-state index in [1.54, 1.807) is 11.1 Å². The highest BCUT2D eigenvalue weighted by atomic mass is 16.4. The first-order valence-electron chi connectivity index (χ1n) is 8.18. The number of nitrogens with zero attached hydrogens (tertiary/aromatic N) is 3. The Morgan fingerprint density at radius 2 is 2.08 bits per heavy atom. The monoisotopic (exact) mass is 327 g/mol. The Morgan fingerprint density at radius 3 is 2.71 bits per heavy atom. The summed E-state index contributed by atoms with van der Waals surface area (Å²) in [5.41, 5.74) is 3.46. The number of rotatable bonds is 4. The van der Waals surface area contributed by atoms with Crippen LogP contribution in [0.1, 0.15) is 35.0 Å². The maximum atomic E-state index is 12.8. The van der Waals surface area contributed by atoms with Crippen molar-refractivity contribution < 1.29 is 14.7 Å². The van der Waals surface area contributed by atoms with Crippen molar-refractivity contribution in [3.63, 3.8) is 0 Å². The smallest absolute Gasteiger partial charge is 0.308 e. The number of carboxylic acids is 1. The molecule has 24 heavy (non-hydrogen) atoms. The van der Waals surface area contributed by atoms with Crippen LogP contribution < -0.4 is 0 Å². The Balaban J connectivity index is 1.91. The number of aromatic nitrogens is 2. The molecule has 0 spiro atoms. The fourth-order valence-electron chi connectivity index (χ4n) is 3.22. The van der Waals surface area contributed by atoms with Crippen LogP contribution in [-0.2, 0) is 11.2 Å². The number of hydrogen-bond donors (Lipinski definition) is 1. The van der Waals surface area contributed by atoms with E-state index in [-0.39, 0.29) is 12.5 Å². The van der Waals surface area contributed by atoms with Gasteiger partial charge in [0.25, 0.3) is 5.91 Å². The zero-order valence-corrected chi connectivity index (χ0v) is 13.9. The molecule has 1 saturated heterocycles. The molecule has 1 unspecified atom stereocenters. The summed E-state index contributed by atoms with van der Waals surface area (Å²) in [6.07, 6.45) is 2.78. The minimum atomic E-state index is -0.836. The molecule has 3 rings (SSSR count). The molecule has 1 amide bonds. The molecule has 2 aromatic rings. The highest BCUT2D eigenvalue weighted by molar-refractivity contribution is 5.96. The molecule has 1 aliphatic heterocycles. The van der Waals surface area contributed by atoms with Gasteiger partial charge in [-0.2, -0.15) is 5.10 Å². The second-order valence-electron chi connectivity index (χ2n) is 6.13. The third-order valence-corrected chi connectivity index (χ3v) is 4.60. The molecular weight excluding hydrogens is 306 g/mol. The fourth-order valence-corrected chi connectivity index (χ4v) is 3.22. The molecule has 0 bridgehead atoms. The van der Waals surface area contributed by atoms with Gasteiger partial charge in [0.1, 0.15) is 0 Å². The van der Waals surface area contributed by atoms with E-state index in [1.165, 1.54) is 0 Å². The average Bonchev–Trinajstić information content (AvgIpc) is 3.21. The maximum absolute atomic E-state index is 12.8. The van der Waals surface area contributed by atoms with Gasteiger partial charge in [0.15, 0.2) is 0 Å². The van der Waals surface area contributed by atoms with Gasteiger partial charge in [-0.15, -0.1) is 0 Å². The molecule has 6 heteroatoms. The van der Waals surface area contributed by atoms with Crippen molar-refractivity contribution in [2.45, 2.75) is 26.7 Å². The van der Waals surface area contributed by atoms with Crippen LogP contribution in [0.2, 0.25) is 0 Å². The highest BCUT2D eigenvalue weighted by Crippen LogP contribution is 2.23. The number of aryl methyl sites for hydroxylation is 1. The van der Waals surface area contributed by atoms with Crippen molar-refractivity contribution in [3.8, 4) is 5.69 Å². The van der Waals surface area contributed by atoms with Gasteiger partial charge >= 0.3 is 5.97 Å². The van der Waals surface area contributed by atoms with Crippen LogP contribution in [0, 0.1) is 12.8 Å². The van der Waals surface area contributed by atoms with Gasteiger partial charge in [0, 0.05) is 13.1 Å². The minimum absolute atomic E-state index is 0.129.